The molecule has 0 saturated heterocycles. The summed E-state index contributed by atoms with van der Waals surface area (Å²) in [5, 5.41) is 9.02. The van der Waals surface area contributed by atoms with Crippen LogP contribution in [-0.2, 0) is 24.3 Å². The molecule has 0 bridgehead atoms. The van der Waals surface area contributed by atoms with Gasteiger partial charge < -0.3 is 5.11 Å². The molecule has 35 heavy (non-hydrogen) atoms. The summed E-state index contributed by atoms with van der Waals surface area (Å²) in [7, 11) is 0. The summed E-state index contributed by atoms with van der Waals surface area (Å²) < 4.78 is 29.7. The SMILES string of the molecule is O=C(/C=C/c1ccc(Cn2c(=O)n(CCc3ccc(F)cc3)c(=O)c3ccc(F)cc32)cc1)CO. The van der Waals surface area contributed by atoms with Crippen LogP contribution in [0.25, 0.3) is 17.0 Å². The lowest BCUT2D eigenvalue weighted by atomic mass is 10.1. The zero-order valence-electron chi connectivity index (χ0n) is 18.7. The van der Waals surface area contributed by atoms with Crippen molar-refractivity contribution >= 4 is 22.8 Å². The minimum absolute atomic E-state index is 0.0826. The quantitative estimate of drug-likeness (QED) is 0.396. The molecule has 0 radical (unpaired) electrons. The van der Waals surface area contributed by atoms with Crippen molar-refractivity contribution in [1.29, 1.82) is 0 Å². The van der Waals surface area contributed by atoms with E-state index >= 15 is 0 Å². The van der Waals surface area contributed by atoms with E-state index in [2.05, 4.69) is 0 Å². The van der Waals surface area contributed by atoms with Gasteiger partial charge in [-0.15, -0.1) is 0 Å². The molecule has 1 aromatic heterocycles. The van der Waals surface area contributed by atoms with Crippen molar-refractivity contribution < 1.29 is 18.7 Å². The molecule has 1 heterocycles. The molecular weight excluding hydrogens is 454 g/mol. The number of rotatable bonds is 8. The third-order valence-electron chi connectivity index (χ3n) is 5.66. The van der Waals surface area contributed by atoms with Gasteiger partial charge in [0.25, 0.3) is 5.56 Å². The van der Waals surface area contributed by atoms with Gasteiger partial charge in [0, 0.05) is 6.54 Å². The summed E-state index contributed by atoms with van der Waals surface area (Å²) >= 11 is 0. The molecule has 8 heteroatoms. The normalized spacial score (nSPS) is 11.4. The summed E-state index contributed by atoms with van der Waals surface area (Å²) in [6.45, 7) is -0.396. The average Bonchev–Trinajstić information content (AvgIpc) is 2.86. The maximum atomic E-state index is 14.0. The zero-order chi connectivity index (χ0) is 24.9. The van der Waals surface area contributed by atoms with Gasteiger partial charge in [-0.1, -0.05) is 42.5 Å². The molecule has 0 aliphatic rings. The molecule has 0 atom stereocenters. The number of aliphatic hydroxyl groups is 1. The molecule has 6 nitrogen and oxygen atoms in total. The fourth-order valence-corrected chi connectivity index (χ4v) is 3.79. The Morgan fingerprint density at radius 2 is 1.51 bits per heavy atom. The minimum Gasteiger partial charge on any atom is -0.388 e. The molecule has 0 amide bonds. The van der Waals surface area contributed by atoms with E-state index in [1.54, 1.807) is 42.5 Å². The van der Waals surface area contributed by atoms with Crippen molar-refractivity contribution in [2.75, 3.05) is 6.61 Å². The average molecular weight is 476 g/mol. The Morgan fingerprint density at radius 1 is 0.857 bits per heavy atom. The van der Waals surface area contributed by atoms with E-state index in [1.807, 2.05) is 0 Å². The van der Waals surface area contributed by atoms with Gasteiger partial charge in [0.1, 0.15) is 18.2 Å². The van der Waals surface area contributed by atoms with Gasteiger partial charge in [-0.2, -0.15) is 0 Å². The predicted molar refractivity (Wildman–Crippen MR) is 129 cm³/mol. The largest absolute Gasteiger partial charge is 0.388 e. The van der Waals surface area contributed by atoms with Gasteiger partial charge in [0.05, 0.1) is 17.4 Å². The van der Waals surface area contributed by atoms with Crippen molar-refractivity contribution in [2.24, 2.45) is 0 Å². The molecule has 178 valence electrons. The maximum absolute atomic E-state index is 14.0. The lowest BCUT2D eigenvalue weighted by molar-refractivity contribution is -0.117. The molecule has 1 N–H and O–H groups in total. The molecule has 4 aromatic rings. The maximum Gasteiger partial charge on any atom is 0.331 e. The number of benzene rings is 3. The Balaban J connectivity index is 1.70. The summed E-state index contributed by atoms with van der Waals surface area (Å²) in [5.74, 6) is -1.36. The topological polar surface area (TPSA) is 81.3 Å². The van der Waals surface area contributed by atoms with Crippen LogP contribution in [0, 0.1) is 11.6 Å². The Kier molecular flexibility index (Phi) is 7.12. The molecule has 4 rings (SSSR count). The fourth-order valence-electron chi connectivity index (χ4n) is 3.79. The van der Waals surface area contributed by atoms with Gasteiger partial charge >= 0.3 is 5.69 Å². The van der Waals surface area contributed by atoms with E-state index < -0.39 is 29.5 Å². The van der Waals surface area contributed by atoms with Crippen LogP contribution in [0.2, 0.25) is 0 Å². The van der Waals surface area contributed by atoms with Crippen LogP contribution in [0.1, 0.15) is 16.7 Å². The highest BCUT2D eigenvalue weighted by Gasteiger charge is 2.14. The minimum atomic E-state index is -0.576. The van der Waals surface area contributed by atoms with Gasteiger partial charge in [-0.3, -0.25) is 18.7 Å². The number of hydrogen-bond donors (Lipinski definition) is 1. The van der Waals surface area contributed by atoms with Gasteiger partial charge in [-0.05, 0) is 59.5 Å². The van der Waals surface area contributed by atoms with Crippen LogP contribution < -0.4 is 11.2 Å². The van der Waals surface area contributed by atoms with E-state index in [9.17, 15) is 23.2 Å². The molecule has 0 spiro atoms. The third kappa shape index (κ3) is 5.50. The molecule has 0 unspecified atom stereocenters. The van der Waals surface area contributed by atoms with Crippen molar-refractivity contribution in [2.45, 2.75) is 19.5 Å². The number of nitrogens with zero attached hydrogens (tertiary/aromatic N) is 2. The van der Waals surface area contributed by atoms with Crippen LogP contribution in [0.5, 0.6) is 0 Å². The van der Waals surface area contributed by atoms with E-state index in [0.29, 0.717) is 6.42 Å². The third-order valence-corrected chi connectivity index (χ3v) is 5.66. The van der Waals surface area contributed by atoms with Gasteiger partial charge in [-0.25, -0.2) is 13.6 Å². The van der Waals surface area contributed by atoms with Crippen molar-refractivity contribution in [3.8, 4) is 0 Å². The second kappa shape index (κ2) is 10.4. The number of hydrogen-bond acceptors (Lipinski definition) is 4. The second-order valence-corrected chi connectivity index (χ2v) is 8.06. The number of ketones is 1. The van der Waals surface area contributed by atoms with Crippen LogP contribution in [0.15, 0.2) is 82.4 Å². The number of halogens is 2. The summed E-state index contributed by atoms with van der Waals surface area (Å²) in [6, 6.07) is 16.5. The highest BCUT2D eigenvalue weighted by atomic mass is 19.1. The smallest absolute Gasteiger partial charge is 0.331 e. The van der Waals surface area contributed by atoms with E-state index in [1.165, 1.54) is 41.0 Å². The zero-order valence-corrected chi connectivity index (χ0v) is 18.7. The van der Waals surface area contributed by atoms with E-state index in [4.69, 9.17) is 5.11 Å². The monoisotopic (exact) mass is 476 g/mol. The first-order chi connectivity index (χ1) is 16.9. The Bertz CT molecular complexity index is 1520. The summed E-state index contributed by atoms with van der Waals surface area (Å²) in [6.07, 6.45) is 3.18. The Labute approximate surface area is 199 Å². The van der Waals surface area contributed by atoms with Crippen molar-refractivity contribution in [3.63, 3.8) is 0 Å². The fraction of sp³-hybridized carbons (Fsp3) is 0.148. The van der Waals surface area contributed by atoms with Gasteiger partial charge in [0.15, 0.2) is 5.78 Å². The molecular formula is C27H22F2N2O4. The van der Waals surface area contributed by atoms with E-state index in [-0.39, 0.29) is 29.8 Å². The number of aryl methyl sites for hydroxylation is 1. The first kappa shape index (κ1) is 24.0. The molecule has 0 aliphatic heterocycles. The van der Waals surface area contributed by atoms with Crippen LogP contribution in [-0.4, -0.2) is 26.6 Å². The number of carbonyl (C=O) groups excluding carboxylic acids is 1. The Hall–Kier alpha value is -4.17. The standard InChI is InChI=1S/C27H22F2N2O4/c28-21-8-5-19(6-9-21)13-14-30-26(34)24-12-10-22(29)15-25(24)31(27(30)35)16-20-3-1-18(2-4-20)7-11-23(33)17-32/h1-12,15,32H,13-14,16-17H2/b11-7+. The van der Waals surface area contributed by atoms with Crippen LogP contribution >= 0.6 is 0 Å². The molecule has 3 aromatic carbocycles. The lowest BCUT2D eigenvalue weighted by Crippen LogP contribution is -2.40. The van der Waals surface area contributed by atoms with Crippen molar-refractivity contribution in [3.05, 3.63) is 122 Å². The first-order valence-corrected chi connectivity index (χ1v) is 10.9. The lowest BCUT2D eigenvalue weighted by Gasteiger charge is -2.15. The van der Waals surface area contributed by atoms with Crippen molar-refractivity contribution in [1.82, 2.24) is 9.13 Å². The predicted octanol–water partition coefficient (Wildman–Crippen LogP) is 3.31. The highest BCUT2D eigenvalue weighted by molar-refractivity contribution is 5.94. The van der Waals surface area contributed by atoms with Crippen LogP contribution in [0.4, 0.5) is 8.78 Å². The number of aliphatic hydroxyl groups excluding tert-OH is 1. The second-order valence-electron chi connectivity index (χ2n) is 8.06. The summed E-state index contributed by atoms with van der Waals surface area (Å²) in [5.41, 5.74) is 1.32. The molecule has 0 saturated carbocycles. The van der Waals surface area contributed by atoms with Gasteiger partial charge in [0.2, 0.25) is 0 Å². The molecule has 0 fully saturated rings. The van der Waals surface area contributed by atoms with E-state index in [0.717, 1.165) is 21.3 Å². The molecule has 0 aliphatic carbocycles. The highest BCUT2D eigenvalue weighted by Crippen LogP contribution is 2.14. The Morgan fingerprint density at radius 3 is 2.20 bits per heavy atom. The first-order valence-electron chi connectivity index (χ1n) is 10.9. The summed E-state index contributed by atoms with van der Waals surface area (Å²) in [4.78, 5) is 37.6. The van der Waals surface area contributed by atoms with Crippen LogP contribution in [0.3, 0.4) is 0 Å². The number of fused-ring (bicyclic) bond motifs is 1. The number of carbonyl (C=O) groups is 1. The number of aromatic nitrogens is 2.